The first-order chi connectivity index (χ1) is 7.65. The van der Waals surface area contributed by atoms with Crippen LogP contribution >= 0.6 is 0 Å². The van der Waals surface area contributed by atoms with Crippen LogP contribution in [-0.4, -0.2) is 27.7 Å². The van der Waals surface area contributed by atoms with Crippen molar-refractivity contribution in [3.8, 4) is 0 Å². The van der Waals surface area contributed by atoms with E-state index in [0.717, 1.165) is 19.3 Å². The molecule has 0 aliphatic heterocycles. The largest absolute Gasteiger partial charge is 0.393 e. The molecule has 1 fully saturated rings. The Balaban J connectivity index is 1.94. The Bertz CT molecular complexity index is 350. The number of rotatable bonds is 3. The second kappa shape index (κ2) is 4.52. The van der Waals surface area contributed by atoms with Gasteiger partial charge in [0.1, 0.15) is 11.6 Å². The van der Waals surface area contributed by atoms with Gasteiger partial charge >= 0.3 is 0 Å². The Morgan fingerprint density at radius 1 is 1.38 bits per heavy atom. The van der Waals surface area contributed by atoms with E-state index in [1.807, 2.05) is 0 Å². The van der Waals surface area contributed by atoms with Gasteiger partial charge in [0.15, 0.2) is 0 Å². The lowest BCUT2D eigenvalue weighted by molar-refractivity contribution is 0.138. The van der Waals surface area contributed by atoms with Gasteiger partial charge in [-0.3, -0.25) is 0 Å². The van der Waals surface area contributed by atoms with Gasteiger partial charge in [-0.2, -0.15) is 9.97 Å². The van der Waals surface area contributed by atoms with E-state index in [0.29, 0.717) is 18.2 Å². The van der Waals surface area contributed by atoms with Crippen LogP contribution in [0, 0.1) is 5.92 Å². The van der Waals surface area contributed by atoms with Gasteiger partial charge in [-0.15, -0.1) is 0 Å². The molecule has 1 aromatic rings. The third kappa shape index (κ3) is 2.52. The van der Waals surface area contributed by atoms with Gasteiger partial charge in [-0.25, -0.2) is 0 Å². The molecule has 6 N–H and O–H groups in total. The molecule has 88 valence electrons. The van der Waals surface area contributed by atoms with Crippen molar-refractivity contribution in [1.29, 1.82) is 0 Å². The average molecular weight is 223 g/mol. The van der Waals surface area contributed by atoms with E-state index in [1.54, 1.807) is 6.07 Å². The van der Waals surface area contributed by atoms with Crippen molar-refractivity contribution in [2.24, 2.45) is 5.92 Å². The number of nitrogens with zero attached hydrogens (tertiary/aromatic N) is 2. The number of nitrogens with two attached hydrogens (primary N) is 2. The molecule has 2 rings (SSSR count). The number of hydrogen-bond acceptors (Lipinski definition) is 6. The molecule has 2 unspecified atom stereocenters. The number of aromatic nitrogens is 2. The third-order valence-corrected chi connectivity index (χ3v) is 2.93. The molecule has 1 aliphatic rings. The lowest BCUT2D eigenvalue weighted by atomic mass is 10.1. The number of nitrogen functional groups attached to an aromatic ring is 2. The molecular formula is C10H17N5O. The van der Waals surface area contributed by atoms with E-state index in [4.69, 9.17) is 11.5 Å². The molecule has 0 radical (unpaired) electrons. The van der Waals surface area contributed by atoms with E-state index in [1.165, 1.54) is 0 Å². The van der Waals surface area contributed by atoms with Crippen LogP contribution in [0.3, 0.4) is 0 Å². The van der Waals surface area contributed by atoms with Gasteiger partial charge in [-0.1, -0.05) is 6.42 Å². The molecule has 0 aromatic carbocycles. The van der Waals surface area contributed by atoms with E-state index < -0.39 is 0 Å². The maximum atomic E-state index is 9.65. The van der Waals surface area contributed by atoms with Crippen LogP contribution in [0.4, 0.5) is 17.6 Å². The highest BCUT2D eigenvalue weighted by Crippen LogP contribution is 2.25. The van der Waals surface area contributed by atoms with Gasteiger partial charge < -0.3 is 21.9 Å². The minimum atomic E-state index is -0.205. The first kappa shape index (κ1) is 10.9. The second-order valence-corrected chi connectivity index (χ2v) is 4.18. The molecule has 1 saturated carbocycles. The summed E-state index contributed by atoms with van der Waals surface area (Å²) >= 11 is 0. The SMILES string of the molecule is Nc1cc(NCC2CCCC2O)nc(N)n1. The first-order valence-corrected chi connectivity index (χ1v) is 5.47. The molecular weight excluding hydrogens is 206 g/mol. The van der Waals surface area contributed by atoms with Crippen LogP contribution < -0.4 is 16.8 Å². The maximum absolute atomic E-state index is 9.65. The minimum absolute atomic E-state index is 0.162. The highest BCUT2D eigenvalue weighted by atomic mass is 16.3. The highest BCUT2D eigenvalue weighted by molar-refractivity contribution is 5.48. The molecule has 1 heterocycles. The number of anilines is 3. The van der Waals surface area contributed by atoms with Crippen molar-refractivity contribution in [1.82, 2.24) is 9.97 Å². The molecule has 0 spiro atoms. The van der Waals surface area contributed by atoms with Crippen LogP contribution in [0.15, 0.2) is 6.07 Å². The highest BCUT2D eigenvalue weighted by Gasteiger charge is 2.24. The Hall–Kier alpha value is -1.56. The fraction of sp³-hybridized carbons (Fsp3) is 0.600. The number of hydrogen-bond donors (Lipinski definition) is 4. The van der Waals surface area contributed by atoms with E-state index in [9.17, 15) is 5.11 Å². The zero-order valence-corrected chi connectivity index (χ0v) is 9.06. The van der Waals surface area contributed by atoms with Crippen LogP contribution in [0.25, 0.3) is 0 Å². The molecule has 1 aliphatic carbocycles. The lowest BCUT2D eigenvalue weighted by Gasteiger charge is -2.15. The number of nitrogens with one attached hydrogen (secondary N) is 1. The summed E-state index contributed by atoms with van der Waals surface area (Å²) in [7, 11) is 0. The van der Waals surface area contributed by atoms with E-state index in [-0.39, 0.29) is 18.0 Å². The van der Waals surface area contributed by atoms with Crippen molar-refractivity contribution < 1.29 is 5.11 Å². The molecule has 0 saturated heterocycles. The summed E-state index contributed by atoms with van der Waals surface area (Å²) in [5.74, 6) is 1.41. The summed E-state index contributed by atoms with van der Waals surface area (Å²) in [6.45, 7) is 0.692. The van der Waals surface area contributed by atoms with Crippen LogP contribution in [0.1, 0.15) is 19.3 Å². The van der Waals surface area contributed by atoms with Crippen molar-refractivity contribution in [2.45, 2.75) is 25.4 Å². The monoisotopic (exact) mass is 223 g/mol. The van der Waals surface area contributed by atoms with Crippen molar-refractivity contribution >= 4 is 17.6 Å². The topological polar surface area (TPSA) is 110 Å². The molecule has 6 nitrogen and oxygen atoms in total. The molecule has 0 bridgehead atoms. The lowest BCUT2D eigenvalue weighted by Crippen LogP contribution is -2.22. The van der Waals surface area contributed by atoms with Gasteiger partial charge in [0.25, 0.3) is 0 Å². The Kier molecular flexibility index (Phi) is 3.09. The quantitative estimate of drug-likeness (QED) is 0.583. The predicted molar refractivity (Wildman–Crippen MR) is 62.7 cm³/mol. The first-order valence-electron chi connectivity index (χ1n) is 5.47. The normalized spacial score (nSPS) is 24.6. The minimum Gasteiger partial charge on any atom is -0.393 e. The fourth-order valence-corrected chi connectivity index (χ4v) is 2.07. The van der Waals surface area contributed by atoms with Crippen molar-refractivity contribution in [3.05, 3.63) is 6.07 Å². The van der Waals surface area contributed by atoms with Crippen LogP contribution in [-0.2, 0) is 0 Å². The van der Waals surface area contributed by atoms with Gasteiger partial charge in [-0.05, 0) is 12.8 Å². The zero-order chi connectivity index (χ0) is 11.5. The molecule has 16 heavy (non-hydrogen) atoms. The predicted octanol–water partition coefficient (Wildman–Crippen LogP) is 0.214. The van der Waals surface area contributed by atoms with Crippen molar-refractivity contribution in [2.75, 3.05) is 23.3 Å². The summed E-state index contributed by atoms with van der Waals surface area (Å²) in [5.41, 5.74) is 11.0. The Labute approximate surface area is 94.1 Å². The summed E-state index contributed by atoms with van der Waals surface area (Å²) in [6.07, 6.45) is 2.82. The average Bonchev–Trinajstić information content (AvgIpc) is 2.59. The van der Waals surface area contributed by atoms with Gasteiger partial charge in [0.05, 0.1) is 6.10 Å². The Morgan fingerprint density at radius 2 is 2.19 bits per heavy atom. The van der Waals surface area contributed by atoms with Gasteiger partial charge in [0.2, 0.25) is 5.95 Å². The summed E-state index contributed by atoms with van der Waals surface area (Å²) in [4.78, 5) is 7.80. The maximum Gasteiger partial charge on any atom is 0.223 e. The summed E-state index contributed by atoms with van der Waals surface area (Å²) < 4.78 is 0. The fourth-order valence-electron chi connectivity index (χ4n) is 2.07. The zero-order valence-electron chi connectivity index (χ0n) is 9.06. The summed E-state index contributed by atoms with van der Waals surface area (Å²) in [6, 6.07) is 1.64. The molecule has 1 aromatic heterocycles. The third-order valence-electron chi connectivity index (χ3n) is 2.93. The molecule has 2 atom stereocenters. The van der Waals surface area contributed by atoms with Crippen LogP contribution in [0.5, 0.6) is 0 Å². The van der Waals surface area contributed by atoms with Crippen molar-refractivity contribution in [3.63, 3.8) is 0 Å². The molecule has 0 amide bonds. The molecule has 6 heteroatoms. The van der Waals surface area contributed by atoms with Gasteiger partial charge in [0, 0.05) is 18.5 Å². The van der Waals surface area contributed by atoms with Crippen LogP contribution in [0.2, 0.25) is 0 Å². The summed E-state index contributed by atoms with van der Waals surface area (Å²) in [5, 5.41) is 12.8. The number of aliphatic hydroxyl groups is 1. The second-order valence-electron chi connectivity index (χ2n) is 4.18. The van der Waals surface area contributed by atoms with E-state index >= 15 is 0 Å². The Morgan fingerprint density at radius 3 is 2.81 bits per heavy atom. The van der Waals surface area contributed by atoms with E-state index in [2.05, 4.69) is 15.3 Å². The standard InChI is InChI=1S/C10H17N5O/c11-8-4-9(15-10(12)14-8)13-5-6-2-1-3-7(6)16/h4,6-7,16H,1-3,5H2,(H5,11,12,13,14,15). The number of aliphatic hydroxyl groups excluding tert-OH is 1. The smallest absolute Gasteiger partial charge is 0.223 e.